The fraction of sp³-hybridized carbons (Fsp3) is 0.400. The van der Waals surface area contributed by atoms with Crippen molar-refractivity contribution in [2.24, 2.45) is 0 Å². The van der Waals surface area contributed by atoms with Gasteiger partial charge in [0, 0.05) is 4.90 Å². The van der Waals surface area contributed by atoms with Crippen LogP contribution in [0.2, 0.25) is 0 Å². The van der Waals surface area contributed by atoms with Crippen LogP contribution < -0.4 is 5.09 Å². The van der Waals surface area contributed by atoms with Crippen LogP contribution in [0.5, 0.6) is 0 Å². The maximum atomic E-state index is 5.79. The van der Waals surface area contributed by atoms with E-state index in [1.54, 1.807) is 0 Å². The molecule has 0 unspecified atom stereocenters. The van der Waals surface area contributed by atoms with Crippen molar-refractivity contribution in [3.8, 4) is 0 Å². The minimum atomic E-state index is -2.47. The summed E-state index contributed by atoms with van der Waals surface area (Å²) >= 11 is 5.39. The van der Waals surface area contributed by atoms with Crippen LogP contribution in [0, 0.1) is 0 Å². The van der Waals surface area contributed by atoms with Crippen LogP contribution in [-0.4, -0.2) is 13.2 Å². The first kappa shape index (κ1) is 15.3. The van der Waals surface area contributed by atoms with E-state index in [9.17, 15) is 0 Å². The first-order chi connectivity index (χ1) is 8.15. The average Bonchev–Trinajstić information content (AvgIpc) is 2.30. The van der Waals surface area contributed by atoms with Crippen molar-refractivity contribution in [3.05, 3.63) is 24.3 Å². The molecule has 0 aliphatic carbocycles. The number of anilines is 1. The van der Waals surface area contributed by atoms with E-state index in [-0.39, 0.29) is 0 Å². The average molecular weight is 312 g/mol. The zero-order chi connectivity index (χ0) is 12.7. The summed E-state index contributed by atoms with van der Waals surface area (Å²) in [5.41, 5.74) is 0.845. The van der Waals surface area contributed by atoms with Gasteiger partial charge in [-0.3, -0.25) is 0 Å². The molecule has 0 radical (unpaired) electrons. The van der Waals surface area contributed by atoms with Gasteiger partial charge in [0.15, 0.2) is 0 Å². The van der Waals surface area contributed by atoms with Gasteiger partial charge < -0.3 is 14.1 Å². The lowest BCUT2D eigenvalue weighted by atomic mass is 10.3. The van der Waals surface area contributed by atoms with Crippen LogP contribution in [0.3, 0.4) is 0 Å². The van der Waals surface area contributed by atoms with E-state index < -0.39 is 6.64 Å². The molecule has 17 heavy (non-hydrogen) atoms. The van der Waals surface area contributed by atoms with Gasteiger partial charge in [-0.05, 0) is 59.4 Å². The van der Waals surface area contributed by atoms with Crippen molar-refractivity contribution in [1.82, 2.24) is 0 Å². The van der Waals surface area contributed by atoms with E-state index in [0.717, 1.165) is 21.6 Å². The molecule has 3 nitrogen and oxygen atoms in total. The lowest BCUT2D eigenvalue weighted by molar-refractivity contribution is 0.270. The van der Waals surface area contributed by atoms with E-state index in [1.807, 2.05) is 38.1 Å². The maximum Gasteiger partial charge on any atom is 0.287 e. The number of benzene rings is 1. The predicted molar refractivity (Wildman–Crippen MR) is 79.3 cm³/mol. The molecule has 0 saturated carbocycles. The molecule has 0 atom stereocenters. The molecule has 96 valence electrons. The number of hydrogen-bond donors (Lipinski definition) is 1. The smallest absolute Gasteiger partial charge is 0.287 e. The van der Waals surface area contributed by atoms with Crippen LogP contribution in [0.4, 0.5) is 5.69 Å². The van der Waals surface area contributed by atoms with Crippen molar-refractivity contribution in [1.29, 1.82) is 0 Å². The Balaban J connectivity index is 2.89. The van der Waals surface area contributed by atoms with Crippen LogP contribution in [0.15, 0.2) is 29.2 Å². The number of rotatable bonds is 7. The minimum Gasteiger partial charge on any atom is -0.315 e. The Kier molecular flexibility index (Phi) is 6.85. The first-order valence-corrected chi connectivity index (χ1v) is 9.48. The number of para-hydroxylation sites is 1. The van der Waals surface area contributed by atoms with Gasteiger partial charge in [-0.25, -0.2) is 0 Å². The summed E-state index contributed by atoms with van der Waals surface area (Å²) in [5.74, 6) is 0. The lowest BCUT2D eigenvalue weighted by Crippen LogP contribution is -2.05. The molecule has 1 aromatic carbocycles. The largest absolute Gasteiger partial charge is 0.315 e. The Hall–Kier alpha value is 0.230. The summed E-state index contributed by atoms with van der Waals surface area (Å²) in [5, 5.41) is 3.15. The summed E-state index contributed by atoms with van der Waals surface area (Å²) in [7, 11) is 6.93. The fourth-order valence-corrected chi connectivity index (χ4v) is 4.33. The van der Waals surface area contributed by atoms with Gasteiger partial charge in [0.05, 0.1) is 18.9 Å². The molecule has 0 spiro atoms. The summed E-state index contributed by atoms with van der Waals surface area (Å²) in [6.07, 6.45) is 0. The highest BCUT2D eigenvalue weighted by atomic mass is 35.7. The van der Waals surface area contributed by atoms with E-state index in [1.165, 1.54) is 0 Å². The van der Waals surface area contributed by atoms with Crippen molar-refractivity contribution in [3.63, 3.8) is 0 Å². The first-order valence-electron chi connectivity index (χ1n) is 5.20. The van der Waals surface area contributed by atoms with Gasteiger partial charge in [0.25, 0.3) is 6.64 Å². The van der Waals surface area contributed by atoms with E-state index in [0.29, 0.717) is 13.2 Å². The number of nitrogens with one attached hydrogen (secondary N) is 1. The Morgan fingerprint density at radius 1 is 1.29 bits per heavy atom. The van der Waals surface area contributed by atoms with Gasteiger partial charge in [-0.15, -0.1) is 0 Å². The van der Waals surface area contributed by atoms with Crippen LogP contribution in [-0.2, 0) is 20.9 Å². The fourth-order valence-electron chi connectivity index (χ4n) is 1.22. The Bertz CT molecular complexity index is 396. The molecular formula is C10H15ClNO2PS2. The molecule has 1 aromatic rings. The molecule has 0 amide bonds. The SMILES string of the molecule is CCOP(=S)(Nc1ccccc1SCl)OCC. The molecule has 1 N–H and O–H groups in total. The van der Waals surface area contributed by atoms with E-state index in [4.69, 9.17) is 31.5 Å². The monoisotopic (exact) mass is 311 g/mol. The second-order valence-electron chi connectivity index (χ2n) is 3.02. The normalized spacial score (nSPS) is 11.5. The summed E-state index contributed by atoms with van der Waals surface area (Å²) in [4.78, 5) is 0.905. The molecular weight excluding hydrogens is 297 g/mol. The quantitative estimate of drug-likeness (QED) is 0.741. The Morgan fingerprint density at radius 3 is 2.41 bits per heavy atom. The summed E-state index contributed by atoms with van der Waals surface area (Å²) in [6, 6.07) is 7.65. The van der Waals surface area contributed by atoms with Gasteiger partial charge in [0.2, 0.25) is 0 Å². The molecule has 0 aliphatic heterocycles. The standard InChI is InChI=1S/C10H15ClNO2PS2/c1-3-13-15(16,14-4-2)12-9-7-5-6-8-10(9)17-11/h5-8H,3-4H2,1-2H3,(H,12,16). The third-order valence-electron chi connectivity index (χ3n) is 1.83. The molecule has 0 aromatic heterocycles. The van der Waals surface area contributed by atoms with Crippen molar-refractivity contribution < 1.29 is 9.05 Å². The molecule has 7 heteroatoms. The second-order valence-corrected chi connectivity index (χ2v) is 7.25. The lowest BCUT2D eigenvalue weighted by Gasteiger charge is -2.23. The van der Waals surface area contributed by atoms with E-state index in [2.05, 4.69) is 5.09 Å². The summed E-state index contributed by atoms with van der Waals surface area (Å²) in [6.45, 7) is 2.34. The van der Waals surface area contributed by atoms with Gasteiger partial charge >= 0.3 is 0 Å². The molecule has 0 aliphatic rings. The van der Waals surface area contributed by atoms with Crippen LogP contribution >= 0.6 is 28.3 Å². The topological polar surface area (TPSA) is 30.5 Å². The molecule has 0 fully saturated rings. The predicted octanol–water partition coefficient (Wildman–Crippen LogP) is 4.64. The maximum absolute atomic E-state index is 5.79. The molecule has 1 rings (SSSR count). The van der Waals surface area contributed by atoms with Crippen molar-refractivity contribution >= 4 is 45.8 Å². The Labute approximate surface area is 116 Å². The van der Waals surface area contributed by atoms with E-state index >= 15 is 0 Å². The van der Waals surface area contributed by atoms with Gasteiger partial charge in [-0.2, -0.15) is 0 Å². The van der Waals surface area contributed by atoms with Crippen molar-refractivity contribution in [2.75, 3.05) is 18.3 Å². The van der Waals surface area contributed by atoms with Crippen LogP contribution in [0.25, 0.3) is 0 Å². The third kappa shape index (κ3) is 4.78. The zero-order valence-corrected chi connectivity index (χ0v) is 13.0. The number of halogens is 1. The Morgan fingerprint density at radius 2 is 1.88 bits per heavy atom. The molecule has 0 heterocycles. The molecule has 0 bridgehead atoms. The van der Waals surface area contributed by atoms with Gasteiger partial charge in [-0.1, -0.05) is 12.1 Å². The highest BCUT2D eigenvalue weighted by Gasteiger charge is 2.19. The second kappa shape index (κ2) is 7.62. The highest BCUT2D eigenvalue weighted by Crippen LogP contribution is 2.49. The van der Waals surface area contributed by atoms with Crippen LogP contribution in [0.1, 0.15) is 13.8 Å². The molecule has 0 saturated heterocycles. The number of hydrogen-bond acceptors (Lipinski definition) is 4. The summed E-state index contributed by atoms with van der Waals surface area (Å²) < 4.78 is 11.0. The minimum absolute atomic E-state index is 0.514. The van der Waals surface area contributed by atoms with Crippen molar-refractivity contribution in [2.45, 2.75) is 18.7 Å². The highest BCUT2D eigenvalue weighted by molar-refractivity contribution is 8.21. The third-order valence-corrected chi connectivity index (χ3v) is 5.46. The zero-order valence-electron chi connectivity index (χ0n) is 9.68. The van der Waals surface area contributed by atoms with Gasteiger partial charge in [0.1, 0.15) is 0 Å².